The molecule has 0 bridgehead atoms. The van der Waals surface area contributed by atoms with Gasteiger partial charge in [0.25, 0.3) is 0 Å². The molecule has 0 unspecified atom stereocenters. The molecule has 0 atom stereocenters. The Hall–Kier alpha value is 0.630. The van der Waals surface area contributed by atoms with Crippen LogP contribution in [0.15, 0.2) is 16.6 Å². The number of hydrogen-bond acceptors (Lipinski definition) is 1. The van der Waals surface area contributed by atoms with Crippen molar-refractivity contribution in [2.24, 2.45) is 0 Å². The first-order valence-corrected chi connectivity index (χ1v) is 5.85. The molecule has 1 aromatic rings. The Kier molecular flexibility index (Phi) is 3.77. The van der Waals surface area contributed by atoms with E-state index < -0.39 is 5.97 Å². The first kappa shape index (κ1) is 10.7. The highest BCUT2D eigenvalue weighted by Crippen LogP contribution is 2.24. The van der Waals surface area contributed by atoms with Gasteiger partial charge in [0.15, 0.2) is 0 Å². The highest BCUT2D eigenvalue weighted by Gasteiger charge is 2.12. The monoisotopic (exact) mass is 452 g/mol. The van der Waals surface area contributed by atoms with Gasteiger partial charge in [-0.3, -0.25) is 0 Å². The average Bonchev–Trinajstić information content (AvgIpc) is 1.82. The molecular weight excluding hydrogens is 450 g/mol. The number of rotatable bonds is 1. The van der Waals surface area contributed by atoms with E-state index in [1.54, 1.807) is 12.1 Å². The number of hydrogen-bond donors (Lipinski definition) is 1. The lowest BCUT2D eigenvalue weighted by atomic mass is 10.2. The Labute approximate surface area is 105 Å². The van der Waals surface area contributed by atoms with Gasteiger partial charge in [0, 0.05) is 11.6 Å². The van der Waals surface area contributed by atoms with E-state index >= 15 is 0 Å². The van der Waals surface area contributed by atoms with Crippen LogP contribution < -0.4 is 0 Å². The summed E-state index contributed by atoms with van der Waals surface area (Å²) in [6.45, 7) is 0. The number of benzene rings is 1. The Balaban J connectivity index is 3.38. The van der Waals surface area contributed by atoms with E-state index in [2.05, 4.69) is 15.9 Å². The van der Waals surface area contributed by atoms with E-state index in [9.17, 15) is 4.79 Å². The van der Waals surface area contributed by atoms with Gasteiger partial charge in [-0.2, -0.15) is 0 Å². The van der Waals surface area contributed by atoms with E-state index in [1.165, 1.54) is 0 Å². The molecule has 0 aliphatic carbocycles. The van der Waals surface area contributed by atoms with E-state index in [1.807, 2.05) is 45.2 Å². The molecule has 0 radical (unpaired) electrons. The summed E-state index contributed by atoms with van der Waals surface area (Å²) < 4.78 is 2.40. The fraction of sp³-hybridized carbons (Fsp3) is 0. The van der Waals surface area contributed by atoms with Crippen LogP contribution in [0.2, 0.25) is 0 Å². The minimum atomic E-state index is -0.878. The van der Waals surface area contributed by atoms with E-state index in [0.29, 0.717) is 5.56 Å². The lowest BCUT2D eigenvalue weighted by Crippen LogP contribution is -2.02. The van der Waals surface area contributed by atoms with Crippen molar-refractivity contribution in [1.29, 1.82) is 0 Å². The second kappa shape index (κ2) is 4.23. The molecule has 2 nitrogen and oxygen atoms in total. The van der Waals surface area contributed by atoms with Crippen LogP contribution in [0.5, 0.6) is 0 Å². The van der Waals surface area contributed by atoms with Gasteiger partial charge in [0.05, 0.1) is 5.56 Å². The van der Waals surface area contributed by atoms with Crippen molar-refractivity contribution in [2.75, 3.05) is 0 Å². The summed E-state index contributed by atoms with van der Waals surface area (Å²) in [4.78, 5) is 10.7. The Morgan fingerprint density at radius 1 is 1.33 bits per heavy atom. The van der Waals surface area contributed by atoms with Gasteiger partial charge in [0.1, 0.15) is 0 Å². The molecule has 0 saturated heterocycles. The third-order valence-corrected chi connectivity index (χ3v) is 3.38. The fourth-order valence-corrected chi connectivity index (χ4v) is 4.29. The molecule has 1 N–H and O–H groups in total. The molecule has 0 amide bonds. The van der Waals surface area contributed by atoms with Crippen LogP contribution in [0.3, 0.4) is 0 Å². The van der Waals surface area contributed by atoms with E-state index in [0.717, 1.165) is 11.6 Å². The van der Waals surface area contributed by atoms with Crippen molar-refractivity contribution < 1.29 is 9.90 Å². The zero-order valence-electron chi connectivity index (χ0n) is 5.64. The minimum absolute atomic E-state index is 0.374. The van der Waals surface area contributed by atoms with Crippen molar-refractivity contribution in [2.45, 2.75) is 0 Å². The van der Waals surface area contributed by atoms with Crippen molar-refractivity contribution in [1.82, 2.24) is 0 Å². The summed E-state index contributed by atoms with van der Waals surface area (Å²) in [5.74, 6) is -0.878. The zero-order chi connectivity index (χ0) is 9.30. The standard InChI is InChI=1S/C7H3BrI2O2/c8-3-1-4(9)6(7(11)12)5(10)2-3/h1-2H,(H,11,12). The molecule has 0 spiro atoms. The molecule has 1 aromatic carbocycles. The maximum atomic E-state index is 10.7. The minimum Gasteiger partial charge on any atom is -0.478 e. The average molecular weight is 453 g/mol. The molecule has 1 rings (SSSR count). The largest absolute Gasteiger partial charge is 0.478 e. The molecular formula is C7H3BrI2O2. The predicted molar refractivity (Wildman–Crippen MR) is 66.5 cm³/mol. The van der Waals surface area contributed by atoms with Crippen LogP contribution in [0.25, 0.3) is 0 Å². The molecule has 0 aliphatic rings. The zero-order valence-corrected chi connectivity index (χ0v) is 11.5. The maximum Gasteiger partial charge on any atom is 0.337 e. The van der Waals surface area contributed by atoms with Crippen molar-refractivity contribution >= 4 is 67.1 Å². The van der Waals surface area contributed by atoms with Gasteiger partial charge >= 0.3 is 5.97 Å². The summed E-state index contributed by atoms with van der Waals surface area (Å²) in [6.07, 6.45) is 0. The quantitative estimate of drug-likeness (QED) is 0.664. The number of halogens is 3. The van der Waals surface area contributed by atoms with Crippen molar-refractivity contribution in [3.63, 3.8) is 0 Å². The highest BCUT2D eigenvalue weighted by atomic mass is 127. The highest BCUT2D eigenvalue weighted by molar-refractivity contribution is 14.1. The number of aromatic carboxylic acids is 1. The van der Waals surface area contributed by atoms with Crippen molar-refractivity contribution in [3.8, 4) is 0 Å². The molecule has 0 heterocycles. The third kappa shape index (κ3) is 2.32. The topological polar surface area (TPSA) is 37.3 Å². The molecule has 64 valence electrons. The van der Waals surface area contributed by atoms with Gasteiger partial charge in [0.2, 0.25) is 0 Å². The molecule has 0 aliphatic heterocycles. The number of carboxylic acids is 1. The first-order valence-electron chi connectivity index (χ1n) is 2.90. The Morgan fingerprint density at radius 2 is 1.75 bits per heavy atom. The molecule has 5 heteroatoms. The second-order valence-electron chi connectivity index (χ2n) is 2.05. The van der Waals surface area contributed by atoms with Crippen LogP contribution in [0.4, 0.5) is 0 Å². The van der Waals surface area contributed by atoms with Gasteiger partial charge in [-0.25, -0.2) is 4.79 Å². The molecule has 0 saturated carbocycles. The predicted octanol–water partition coefficient (Wildman–Crippen LogP) is 3.36. The lowest BCUT2D eigenvalue weighted by molar-refractivity contribution is 0.0694. The second-order valence-corrected chi connectivity index (χ2v) is 5.29. The van der Waals surface area contributed by atoms with Gasteiger partial charge in [-0.1, -0.05) is 15.9 Å². The molecule has 12 heavy (non-hydrogen) atoms. The van der Waals surface area contributed by atoms with E-state index in [-0.39, 0.29) is 0 Å². The van der Waals surface area contributed by atoms with E-state index in [4.69, 9.17) is 5.11 Å². The molecule has 0 aromatic heterocycles. The van der Waals surface area contributed by atoms with Gasteiger partial charge in [-0.05, 0) is 57.3 Å². The maximum absolute atomic E-state index is 10.7. The van der Waals surface area contributed by atoms with Crippen LogP contribution >= 0.6 is 61.1 Å². The van der Waals surface area contributed by atoms with Gasteiger partial charge in [-0.15, -0.1) is 0 Å². The SMILES string of the molecule is O=C(O)c1c(I)cc(Br)cc1I. The summed E-state index contributed by atoms with van der Waals surface area (Å²) in [5.41, 5.74) is 0.374. The van der Waals surface area contributed by atoms with Crippen LogP contribution in [-0.4, -0.2) is 11.1 Å². The van der Waals surface area contributed by atoms with Crippen LogP contribution in [0.1, 0.15) is 10.4 Å². The summed E-state index contributed by atoms with van der Waals surface area (Å²) >= 11 is 7.32. The van der Waals surface area contributed by atoms with Crippen molar-refractivity contribution in [3.05, 3.63) is 29.3 Å². The first-order chi connectivity index (χ1) is 5.52. The smallest absolute Gasteiger partial charge is 0.337 e. The lowest BCUT2D eigenvalue weighted by Gasteiger charge is -2.02. The number of carboxylic acid groups (broad SMARTS) is 1. The fourth-order valence-electron chi connectivity index (χ4n) is 0.747. The Bertz CT molecular complexity index is 315. The normalized spacial score (nSPS) is 9.92. The summed E-state index contributed by atoms with van der Waals surface area (Å²) in [5, 5.41) is 8.81. The number of carbonyl (C=O) groups is 1. The Morgan fingerprint density at radius 3 is 2.08 bits per heavy atom. The third-order valence-electron chi connectivity index (χ3n) is 1.22. The van der Waals surface area contributed by atoms with Crippen LogP contribution in [0, 0.1) is 7.14 Å². The molecule has 0 fully saturated rings. The summed E-state index contributed by atoms with van der Waals surface area (Å²) in [7, 11) is 0. The van der Waals surface area contributed by atoms with Crippen LogP contribution in [-0.2, 0) is 0 Å². The van der Waals surface area contributed by atoms with Gasteiger partial charge < -0.3 is 5.11 Å². The summed E-state index contributed by atoms with van der Waals surface area (Å²) in [6, 6.07) is 3.57.